The number of nitrogens with zero attached hydrogens (tertiary/aromatic N) is 3. The lowest BCUT2D eigenvalue weighted by molar-refractivity contribution is -0.383. The van der Waals surface area contributed by atoms with Crippen molar-refractivity contribution in [2.75, 3.05) is 11.4 Å². The van der Waals surface area contributed by atoms with Gasteiger partial charge in [0.2, 0.25) is 0 Å². The molecule has 5 nitrogen and oxygen atoms in total. The molecule has 0 fully saturated rings. The van der Waals surface area contributed by atoms with Crippen molar-refractivity contribution in [2.24, 2.45) is 0 Å². The summed E-state index contributed by atoms with van der Waals surface area (Å²) in [6.45, 7) is 1.58. The van der Waals surface area contributed by atoms with Crippen molar-refractivity contribution in [2.45, 2.75) is 13.0 Å². The summed E-state index contributed by atoms with van der Waals surface area (Å²) in [4.78, 5) is 17.3. The largest absolute Gasteiger partial charge is 0.365 e. The first kappa shape index (κ1) is 14.9. The Morgan fingerprint density at radius 1 is 1.12 bits per heavy atom. The van der Waals surface area contributed by atoms with Crippen molar-refractivity contribution in [1.82, 2.24) is 4.98 Å². The monoisotopic (exact) mass is 339 g/mol. The van der Waals surface area contributed by atoms with E-state index in [0.717, 1.165) is 35.6 Å². The Labute approximate surface area is 143 Å². The Morgan fingerprint density at radius 2 is 2.00 bits per heavy atom. The number of aromatic nitrogens is 1. The van der Waals surface area contributed by atoms with Crippen LogP contribution in [-0.4, -0.2) is 16.5 Å². The Kier molecular flexibility index (Phi) is 3.58. The highest BCUT2D eigenvalue weighted by Gasteiger charge is 2.21. The van der Waals surface area contributed by atoms with Crippen LogP contribution in [0.2, 0.25) is 5.02 Å². The number of non-ortho nitro benzene ring substituents is 1. The molecular formula is C18H14ClN3O2. The quantitative estimate of drug-likeness (QED) is 0.514. The molecule has 120 valence electrons. The summed E-state index contributed by atoms with van der Waals surface area (Å²) in [7, 11) is 0. The van der Waals surface area contributed by atoms with E-state index in [0.29, 0.717) is 5.39 Å². The van der Waals surface area contributed by atoms with Crippen LogP contribution in [0.1, 0.15) is 11.1 Å². The fraction of sp³-hybridized carbons (Fsp3) is 0.167. The van der Waals surface area contributed by atoms with Crippen LogP contribution in [0.25, 0.3) is 10.8 Å². The van der Waals surface area contributed by atoms with Gasteiger partial charge in [0.25, 0.3) is 5.69 Å². The second kappa shape index (κ2) is 5.76. The molecule has 0 aliphatic carbocycles. The molecule has 4 rings (SSSR count). The lowest BCUT2D eigenvalue weighted by Gasteiger charge is -2.31. The van der Waals surface area contributed by atoms with Gasteiger partial charge in [-0.1, -0.05) is 29.8 Å². The summed E-state index contributed by atoms with van der Waals surface area (Å²) in [5, 5.41) is 13.4. The van der Waals surface area contributed by atoms with Crippen LogP contribution >= 0.6 is 11.6 Å². The maximum Gasteiger partial charge on any atom is 0.278 e. The number of anilines is 1. The molecule has 0 saturated carbocycles. The van der Waals surface area contributed by atoms with Crippen LogP contribution in [0.15, 0.2) is 48.8 Å². The van der Waals surface area contributed by atoms with E-state index in [1.54, 1.807) is 18.5 Å². The highest BCUT2D eigenvalue weighted by atomic mass is 35.5. The zero-order valence-corrected chi connectivity index (χ0v) is 13.5. The van der Waals surface area contributed by atoms with E-state index in [4.69, 9.17) is 11.6 Å². The maximum absolute atomic E-state index is 11.2. The van der Waals surface area contributed by atoms with Gasteiger partial charge in [0.1, 0.15) is 0 Å². The molecule has 2 heterocycles. The minimum atomic E-state index is -0.360. The number of fused-ring (bicyclic) bond motifs is 2. The summed E-state index contributed by atoms with van der Waals surface area (Å²) in [6, 6.07) is 11.1. The predicted molar refractivity (Wildman–Crippen MR) is 94.6 cm³/mol. The first-order chi connectivity index (χ1) is 11.6. The van der Waals surface area contributed by atoms with Gasteiger partial charge >= 0.3 is 0 Å². The van der Waals surface area contributed by atoms with Gasteiger partial charge in [0, 0.05) is 35.8 Å². The van der Waals surface area contributed by atoms with Crippen molar-refractivity contribution >= 4 is 33.7 Å². The molecule has 0 amide bonds. The number of rotatable bonds is 2. The van der Waals surface area contributed by atoms with Crippen molar-refractivity contribution in [3.63, 3.8) is 0 Å². The summed E-state index contributed by atoms with van der Waals surface area (Å²) in [6.07, 6.45) is 4.24. The predicted octanol–water partition coefficient (Wildman–Crippen LogP) is 4.36. The molecule has 0 radical (unpaired) electrons. The van der Waals surface area contributed by atoms with Gasteiger partial charge in [-0.05, 0) is 29.7 Å². The molecule has 3 aromatic rings. The van der Waals surface area contributed by atoms with Crippen LogP contribution in [-0.2, 0) is 13.0 Å². The molecular weight excluding hydrogens is 326 g/mol. The van der Waals surface area contributed by atoms with E-state index >= 15 is 0 Å². The van der Waals surface area contributed by atoms with Crippen LogP contribution in [0.4, 0.5) is 11.4 Å². The molecule has 0 spiro atoms. The lowest BCUT2D eigenvalue weighted by atomic mass is 9.99. The van der Waals surface area contributed by atoms with Gasteiger partial charge in [0.15, 0.2) is 0 Å². The van der Waals surface area contributed by atoms with Crippen molar-refractivity contribution in [3.8, 4) is 0 Å². The van der Waals surface area contributed by atoms with Crippen molar-refractivity contribution in [3.05, 3.63) is 75.1 Å². The molecule has 0 atom stereocenters. The number of hydrogen-bond acceptors (Lipinski definition) is 4. The van der Waals surface area contributed by atoms with Gasteiger partial charge in [0.05, 0.1) is 22.2 Å². The Bertz CT molecular complexity index is 958. The molecule has 0 N–H and O–H groups in total. The topological polar surface area (TPSA) is 59.3 Å². The smallest absolute Gasteiger partial charge is 0.278 e. The molecule has 0 bridgehead atoms. The lowest BCUT2D eigenvalue weighted by Crippen LogP contribution is -2.30. The highest BCUT2D eigenvalue weighted by Crippen LogP contribution is 2.34. The van der Waals surface area contributed by atoms with E-state index in [1.165, 1.54) is 17.2 Å². The normalized spacial score (nSPS) is 13.8. The fourth-order valence-electron chi connectivity index (χ4n) is 3.30. The van der Waals surface area contributed by atoms with Gasteiger partial charge in [-0.25, -0.2) is 0 Å². The molecule has 1 aliphatic heterocycles. The molecule has 2 aromatic carbocycles. The average molecular weight is 340 g/mol. The number of pyridine rings is 1. The summed E-state index contributed by atoms with van der Waals surface area (Å²) in [5.74, 6) is 0. The van der Waals surface area contributed by atoms with Gasteiger partial charge < -0.3 is 4.90 Å². The van der Waals surface area contributed by atoms with Gasteiger partial charge in [-0.2, -0.15) is 0 Å². The zero-order valence-electron chi connectivity index (χ0n) is 12.8. The number of hydrogen-bond donors (Lipinski definition) is 0. The van der Waals surface area contributed by atoms with E-state index in [2.05, 4.69) is 9.88 Å². The van der Waals surface area contributed by atoms with E-state index < -0.39 is 0 Å². The van der Waals surface area contributed by atoms with E-state index in [-0.39, 0.29) is 10.6 Å². The minimum Gasteiger partial charge on any atom is -0.365 e. The molecule has 24 heavy (non-hydrogen) atoms. The Morgan fingerprint density at radius 3 is 2.83 bits per heavy atom. The first-order valence-corrected chi connectivity index (χ1v) is 8.04. The third-order valence-corrected chi connectivity index (χ3v) is 4.71. The third kappa shape index (κ3) is 2.47. The summed E-state index contributed by atoms with van der Waals surface area (Å²) >= 11 is 6.07. The van der Waals surface area contributed by atoms with Crippen LogP contribution in [0.5, 0.6) is 0 Å². The zero-order chi connectivity index (χ0) is 16.7. The van der Waals surface area contributed by atoms with Crippen LogP contribution < -0.4 is 4.90 Å². The Balaban J connectivity index is 1.79. The molecule has 0 saturated heterocycles. The average Bonchev–Trinajstić information content (AvgIpc) is 2.60. The molecule has 6 heteroatoms. The van der Waals surface area contributed by atoms with Crippen LogP contribution in [0.3, 0.4) is 0 Å². The van der Waals surface area contributed by atoms with Crippen molar-refractivity contribution in [1.29, 1.82) is 0 Å². The SMILES string of the molecule is O=[N+]([O-])c1cccc2c(N3CCc4cc(Cl)ccc4C3)cncc12. The summed E-state index contributed by atoms with van der Waals surface area (Å²) in [5.41, 5.74) is 3.51. The second-order valence-corrected chi connectivity index (χ2v) is 6.31. The fourth-order valence-corrected chi connectivity index (χ4v) is 3.50. The van der Waals surface area contributed by atoms with E-state index in [9.17, 15) is 10.1 Å². The van der Waals surface area contributed by atoms with Crippen LogP contribution in [0, 0.1) is 10.1 Å². The number of halogens is 1. The highest BCUT2D eigenvalue weighted by molar-refractivity contribution is 6.30. The Hall–Kier alpha value is -2.66. The number of nitro groups is 1. The van der Waals surface area contributed by atoms with Gasteiger partial charge in [-0.3, -0.25) is 15.1 Å². The van der Waals surface area contributed by atoms with E-state index in [1.807, 2.05) is 24.3 Å². The third-order valence-electron chi connectivity index (χ3n) is 4.48. The molecule has 1 aliphatic rings. The van der Waals surface area contributed by atoms with Crippen molar-refractivity contribution < 1.29 is 4.92 Å². The number of benzene rings is 2. The minimum absolute atomic E-state index is 0.0889. The second-order valence-electron chi connectivity index (χ2n) is 5.87. The summed E-state index contributed by atoms with van der Waals surface area (Å²) < 4.78 is 0. The molecule has 1 aromatic heterocycles. The maximum atomic E-state index is 11.2. The standard InChI is InChI=1S/C18H14ClN3O2/c19-14-5-4-13-11-21(7-6-12(13)8-14)18-10-20-9-16-15(18)2-1-3-17(16)22(23)24/h1-5,8-10H,6-7,11H2. The number of nitro benzene ring substituents is 1. The van der Waals surface area contributed by atoms with Gasteiger partial charge in [-0.15, -0.1) is 0 Å². The first-order valence-electron chi connectivity index (χ1n) is 7.67. The molecule has 0 unspecified atom stereocenters.